The maximum absolute atomic E-state index is 14.8. The van der Waals surface area contributed by atoms with Crippen molar-refractivity contribution < 1.29 is 32.6 Å². The van der Waals surface area contributed by atoms with Gasteiger partial charge in [-0.15, -0.1) is 0 Å². The number of alkyl halides is 3. The van der Waals surface area contributed by atoms with Gasteiger partial charge in [-0.1, -0.05) is 32.9 Å². The standard InChI is InChI=1S/C16H20F3NO4/c1-15(2,3)14(22)20-24-11-8-23-16(19,13(18)12(11)17)9-6-4-5-7-10(9)21/h4-7,11-13,21H,8H2,1-3H3,(H,20,22). The van der Waals surface area contributed by atoms with Gasteiger partial charge in [0, 0.05) is 5.41 Å². The van der Waals surface area contributed by atoms with Crippen molar-refractivity contribution in [3.63, 3.8) is 0 Å². The number of hydrogen-bond donors (Lipinski definition) is 2. The van der Waals surface area contributed by atoms with Crippen LogP contribution in [-0.2, 0) is 20.2 Å². The summed E-state index contributed by atoms with van der Waals surface area (Å²) in [5, 5.41) is 9.67. The number of carbonyl (C=O) groups excluding carboxylic acids is 1. The smallest absolute Gasteiger partial charge is 0.273 e. The highest BCUT2D eigenvalue weighted by atomic mass is 19.2. The van der Waals surface area contributed by atoms with E-state index in [-0.39, 0.29) is 0 Å². The topological polar surface area (TPSA) is 67.8 Å². The second-order valence-electron chi connectivity index (χ2n) is 6.66. The van der Waals surface area contributed by atoms with E-state index < -0.39 is 53.5 Å². The van der Waals surface area contributed by atoms with Gasteiger partial charge in [0.2, 0.25) is 5.91 Å². The molecule has 1 amide bonds. The van der Waals surface area contributed by atoms with Crippen LogP contribution >= 0.6 is 0 Å². The highest BCUT2D eigenvalue weighted by Gasteiger charge is 2.56. The molecule has 2 N–H and O–H groups in total. The minimum atomic E-state index is -3.14. The summed E-state index contributed by atoms with van der Waals surface area (Å²) in [6, 6.07) is 5.04. The third-order valence-electron chi connectivity index (χ3n) is 3.70. The van der Waals surface area contributed by atoms with Crippen molar-refractivity contribution in [2.45, 2.75) is 45.1 Å². The molecule has 134 valence electrons. The highest BCUT2D eigenvalue weighted by Crippen LogP contribution is 2.43. The third kappa shape index (κ3) is 3.49. The number of carbonyl (C=O) groups is 1. The second kappa shape index (κ2) is 6.60. The van der Waals surface area contributed by atoms with Crippen LogP contribution in [0.15, 0.2) is 24.3 Å². The Balaban J connectivity index is 2.10. The van der Waals surface area contributed by atoms with Crippen LogP contribution in [0.4, 0.5) is 13.2 Å². The molecule has 1 aliphatic rings. The Morgan fingerprint density at radius 1 is 1.38 bits per heavy atom. The first-order valence-corrected chi connectivity index (χ1v) is 7.43. The SMILES string of the molecule is CC(C)(C)C(=O)NOC1COC(F)(c2ccccc2O)C(F)C1F. The summed E-state index contributed by atoms with van der Waals surface area (Å²) in [4.78, 5) is 16.5. The number of benzene rings is 1. The number of phenolic OH excluding ortho intramolecular Hbond substituents is 1. The Bertz CT molecular complexity index is 607. The van der Waals surface area contributed by atoms with Crippen molar-refractivity contribution in [2.75, 3.05) is 6.61 Å². The molecule has 0 spiro atoms. The fourth-order valence-corrected chi connectivity index (χ4v) is 2.14. The van der Waals surface area contributed by atoms with E-state index in [0.717, 1.165) is 12.1 Å². The fraction of sp³-hybridized carbons (Fsp3) is 0.562. The molecule has 0 radical (unpaired) electrons. The van der Waals surface area contributed by atoms with Crippen molar-refractivity contribution in [3.8, 4) is 5.75 Å². The van der Waals surface area contributed by atoms with Gasteiger partial charge < -0.3 is 9.84 Å². The van der Waals surface area contributed by atoms with Gasteiger partial charge >= 0.3 is 0 Å². The number of ether oxygens (including phenoxy) is 1. The maximum atomic E-state index is 14.8. The van der Waals surface area contributed by atoms with Crippen molar-refractivity contribution in [2.24, 2.45) is 5.41 Å². The third-order valence-corrected chi connectivity index (χ3v) is 3.70. The van der Waals surface area contributed by atoms with Crippen LogP contribution in [0.25, 0.3) is 0 Å². The maximum Gasteiger partial charge on any atom is 0.273 e. The molecule has 1 aliphatic heterocycles. The van der Waals surface area contributed by atoms with Crippen LogP contribution in [-0.4, -0.2) is 36.1 Å². The first-order valence-electron chi connectivity index (χ1n) is 7.43. The zero-order valence-corrected chi connectivity index (χ0v) is 13.6. The molecule has 4 unspecified atom stereocenters. The van der Waals surface area contributed by atoms with E-state index in [1.807, 2.05) is 5.48 Å². The molecule has 1 aromatic rings. The van der Waals surface area contributed by atoms with E-state index in [1.165, 1.54) is 12.1 Å². The second-order valence-corrected chi connectivity index (χ2v) is 6.66. The fourth-order valence-electron chi connectivity index (χ4n) is 2.14. The minimum absolute atomic E-state index is 0.502. The summed E-state index contributed by atoms with van der Waals surface area (Å²) >= 11 is 0. The predicted molar refractivity (Wildman–Crippen MR) is 79.1 cm³/mol. The van der Waals surface area contributed by atoms with Crippen LogP contribution in [0.2, 0.25) is 0 Å². The molecule has 0 aromatic heterocycles. The van der Waals surface area contributed by atoms with Crippen molar-refractivity contribution in [1.29, 1.82) is 0 Å². The lowest BCUT2D eigenvalue weighted by atomic mass is 9.93. The summed E-state index contributed by atoms with van der Waals surface area (Å²) in [5.41, 5.74) is 0.726. The summed E-state index contributed by atoms with van der Waals surface area (Å²) in [7, 11) is 0. The summed E-state index contributed by atoms with van der Waals surface area (Å²) in [5.74, 6) is -4.23. The summed E-state index contributed by atoms with van der Waals surface area (Å²) < 4.78 is 48.2. The lowest BCUT2D eigenvalue weighted by Gasteiger charge is -2.39. The molecule has 1 fully saturated rings. The van der Waals surface area contributed by atoms with E-state index >= 15 is 0 Å². The van der Waals surface area contributed by atoms with Gasteiger partial charge in [-0.3, -0.25) is 9.63 Å². The quantitative estimate of drug-likeness (QED) is 0.825. The Morgan fingerprint density at radius 2 is 2.00 bits per heavy atom. The highest BCUT2D eigenvalue weighted by molar-refractivity contribution is 5.80. The Hall–Kier alpha value is -1.80. The van der Waals surface area contributed by atoms with E-state index in [1.54, 1.807) is 20.8 Å². The Kier molecular flexibility index (Phi) is 5.10. The molecule has 8 heteroatoms. The van der Waals surface area contributed by atoms with Gasteiger partial charge in [-0.25, -0.2) is 18.7 Å². The number of para-hydroxylation sites is 1. The molecule has 0 bridgehead atoms. The Morgan fingerprint density at radius 3 is 2.58 bits per heavy atom. The van der Waals surface area contributed by atoms with E-state index in [0.29, 0.717) is 0 Å². The van der Waals surface area contributed by atoms with Crippen molar-refractivity contribution in [3.05, 3.63) is 29.8 Å². The molecule has 0 saturated carbocycles. The molecular formula is C16H20F3NO4. The molecule has 4 atom stereocenters. The van der Waals surface area contributed by atoms with Crippen LogP contribution in [0.1, 0.15) is 26.3 Å². The number of hydrogen-bond acceptors (Lipinski definition) is 4. The van der Waals surface area contributed by atoms with Gasteiger partial charge in [-0.2, -0.15) is 0 Å². The van der Waals surface area contributed by atoms with Crippen LogP contribution in [0, 0.1) is 5.41 Å². The lowest BCUT2D eigenvalue weighted by Crippen LogP contribution is -2.55. The number of phenols is 1. The molecule has 1 aromatic carbocycles. The average Bonchev–Trinajstić information content (AvgIpc) is 2.51. The van der Waals surface area contributed by atoms with Crippen LogP contribution in [0.5, 0.6) is 5.75 Å². The first-order chi connectivity index (χ1) is 11.1. The zero-order chi connectivity index (χ0) is 18.1. The van der Waals surface area contributed by atoms with Gasteiger partial charge in [0.25, 0.3) is 5.85 Å². The van der Waals surface area contributed by atoms with Crippen LogP contribution < -0.4 is 5.48 Å². The summed E-state index contributed by atoms with van der Waals surface area (Å²) in [6.45, 7) is 4.19. The van der Waals surface area contributed by atoms with E-state index in [2.05, 4.69) is 0 Å². The van der Waals surface area contributed by atoms with E-state index in [4.69, 9.17) is 9.57 Å². The number of halogens is 3. The minimum Gasteiger partial charge on any atom is -0.507 e. The number of aromatic hydroxyl groups is 1. The van der Waals surface area contributed by atoms with Gasteiger partial charge in [0.1, 0.15) is 11.9 Å². The Labute approximate surface area is 137 Å². The molecular weight excluding hydrogens is 327 g/mol. The monoisotopic (exact) mass is 347 g/mol. The average molecular weight is 347 g/mol. The first kappa shape index (κ1) is 18.5. The largest absolute Gasteiger partial charge is 0.507 e. The molecule has 5 nitrogen and oxygen atoms in total. The summed E-state index contributed by atoms with van der Waals surface area (Å²) in [6.07, 6.45) is -6.65. The number of rotatable bonds is 3. The molecule has 1 heterocycles. The normalized spacial score (nSPS) is 30.8. The van der Waals surface area contributed by atoms with Crippen molar-refractivity contribution >= 4 is 5.91 Å². The lowest BCUT2D eigenvalue weighted by molar-refractivity contribution is -0.279. The number of nitrogens with one attached hydrogen (secondary N) is 1. The molecule has 0 aliphatic carbocycles. The van der Waals surface area contributed by atoms with E-state index in [9.17, 15) is 23.1 Å². The van der Waals surface area contributed by atoms with Gasteiger partial charge in [0.15, 0.2) is 12.3 Å². The molecule has 24 heavy (non-hydrogen) atoms. The molecule has 2 rings (SSSR count). The van der Waals surface area contributed by atoms with Gasteiger partial charge in [0.05, 0.1) is 12.2 Å². The van der Waals surface area contributed by atoms with Crippen LogP contribution in [0.3, 0.4) is 0 Å². The predicted octanol–water partition coefficient (Wildman–Crippen LogP) is 2.68. The van der Waals surface area contributed by atoms with Gasteiger partial charge in [-0.05, 0) is 12.1 Å². The van der Waals surface area contributed by atoms with Crippen molar-refractivity contribution in [1.82, 2.24) is 5.48 Å². The number of amides is 1. The zero-order valence-electron chi connectivity index (χ0n) is 13.6. The number of hydroxylamine groups is 1. The molecule has 1 saturated heterocycles.